The molecule has 1 unspecified atom stereocenters. The zero-order chi connectivity index (χ0) is 14.1. The van der Waals surface area contributed by atoms with Crippen LogP contribution in [0, 0.1) is 13.8 Å². The first kappa shape index (κ1) is 12.9. The SMILES string of the molecule is Cc1cccc(C(=O)NC2CCc3ccccc32)c1C. The van der Waals surface area contributed by atoms with Crippen LogP contribution in [0.1, 0.15) is 45.1 Å². The molecule has 0 bridgehead atoms. The van der Waals surface area contributed by atoms with Gasteiger partial charge in [0, 0.05) is 5.56 Å². The summed E-state index contributed by atoms with van der Waals surface area (Å²) in [7, 11) is 0. The molecule has 2 heteroatoms. The predicted octanol–water partition coefficient (Wildman–Crippen LogP) is 3.72. The average molecular weight is 265 g/mol. The highest BCUT2D eigenvalue weighted by atomic mass is 16.1. The van der Waals surface area contributed by atoms with Gasteiger partial charge in [0.2, 0.25) is 0 Å². The van der Waals surface area contributed by atoms with Gasteiger partial charge in [0.25, 0.3) is 5.91 Å². The van der Waals surface area contributed by atoms with Gasteiger partial charge in [-0.15, -0.1) is 0 Å². The molecule has 0 spiro atoms. The van der Waals surface area contributed by atoms with Crippen LogP contribution >= 0.6 is 0 Å². The van der Waals surface area contributed by atoms with E-state index >= 15 is 0 Å². The second-order valence-corrected chi connectivity index (χ2v) is 5.51. The van der Waals surface area contributed by atoms with Gasteiger partial charge in [0.1, 0.15) is 0 Å². The number of aryl methyl sites for hydroxylation is 2. The number of hydrogen-bond donors (Lipinski definition) is 1. The molecule has 1 aliphatic rings. The fourth-order valence-electron chi connectivity index (χ4n) is 2.94. The highest BCUT2D eigenvalue weighted by Crippen LogP contribution is 2.31. The molecule has 1 aliphatic carbocycles. The molecule has 2 nitrogen and oxygen atoms in total. The van der Waals surface area contributed by atoms with Crippen LogP contribution < -0.4 is 5.32 Å². The normalized spacial score (nSPS) is 16.8. The predicted molar refractivity (Wildman–Crippen MR) is 80.9 cm³/mol. The monoisotopic (exact) mass is 265 g/mol. The molecule has 0 aromatic heterocycles. The zero-order valence-corrected chi connectivity index (χ0v) is 11.9. The standard InChI is InChI=1S/C18H19NO/c1-12-6-5-9-15(13(12)2)18(20)19-17-11-10-14-7-3-4-8-16(14)17/h3-9,17H,10-11H2,1-2H3,(H,19,20). The number of nitrogens with one attached hydrogen (secondary N) is 1. The lowest BCUT2D eigenvalue weighted by Gasteiger charge is -2.16. The van der Waals surface area contributed by atoms with E-state index in [2.05, 4.69) is 23.5 Å². The lowest BCUT2D eigenvalue weighted by molar-refractivity contribution is 0.0936. The summed E-state index contributed by atoms with van der Waals surface area (Å²) in [4.78, 5) is 12.5. The van der Waals surface area contributed by atoms with E-state index in [4.69, 9.17) is 0 Å². The second kappa shape index (κ2) is 5.12. The van der Waals surface area contributed by atoms with Crippen molar-refractivity contribution < 1.29 is 4.79 Å². The van der Waals surface area contributed by atoms with E-state index in [0.29, 0.717) is 0 Å². The van der Waals surface area contributed by atoms with Crippen molar-refractivity contribution in [3.05, 3.63) is 70.3 Å². The summed E-state index contributed by atoms with van der Waals surface area (Å²) in [6.45, 7) is 4.05. The Morgan fingerprint density at radius 3 is 2.75 bits per heavy atom. The summed E-state index contributed by atoms with van der Waals surface area (Å²) in [5.41, 5.74) is 5.64. The second-order valence-electron chi connectivity index (χ2n) is 5.51. The molecule has 2 aromatic rings. The molecule has 0 saturated carbocycles. The molecule has 1 N–H and O–H groups in total. The lowest BCUT2D eigenvalue weighted by atomic mass is 10.0. The largest absolute Gasteiger partial charge is 0.345 e. The van der Waals surface area contributed by atoms with E-state index in [0.717, 1.165) is 29.5 Å². The number of benzene rings is 2. The maximum absolute atomic E-state index is 12.5. The third-order valence-electron chi connectivity index (χ3n) is 4.29. The first-order valence-electron chi connectivity index (χ1n) is 7.11. The Bertz CT molecular complexity index is 660. The summed E-state index contributed by atoms with van der Waals surface area (Å²) >= 11 is 0. The summed E-state index contributed by atoms with van der Waals surface area (Å²) < 4.78 is 0. The van der Waals surface area contributed by atoms with Crippen molar-refractivity contribution in [2.45, 2.75) is 32.7 Å². The van der Waals surface area contributed by atoms with E-state index < -0.39 is 0 Å². The van der Waals surface area contributed by atoms with Crippen LogP contribution in [-0.2, 0) is 6.42 Å². The first-order chi connectivity index (χ1) is 9.66. The van der Waals surface area contributed by atoms with Crippen LogP contribution in [0.15, 0.2) is 42.5 Å². The molecule has 2 aromatic carbocycles. The van der Waals surface area contributed by atoms with Crippen LogP contribution in [0.4, 0.5) is 0 Å². The number of hydrogen-bond acceptors (Lipinski definition) is 1. The Hall–Kier alpha value is -2.09. The van der Waals surface area contributed by atoms with Crippen molar-refractivity contribution in [2.75, 3.05) is 0 Å². The Morgan fingerprint density at radius 2 is 1.90 bits per heavy atom. The van der Waals surface area contributed by atoms with Crippen molar-refractivity contribution in [1.82, 2.24) is 5.32 Å². The molecular formula is C18H19NO. The van der Waals surface area contributed by atoms with E-state index in [-0.39, 0.29) is 11.9 Å². The highest BCUT2D eigenvalue weighted by Gasteiger charge is 2.24. The van der Waals surface area contributed by atoms with Gasteiger partial charge in [-0.2, -0.15) is 0 Å². The molecular weight excluding hydrogens is 246 g/mol. The molecule has 0 fully saturated rings. The van der Waals surface area contributed by atoms with Crippen molar-refractivity contribution >= 4 is 5.91 Å². The lowest BCUT2D eigenvalue weighted by Crippen LogP contribution is -2.27. The van der Waals surface area contributed by atoms with Gasteiger partial charge in [0.15, 0.2) is 0 Å². The number of carbonyl (C=O) groups excluding carboxylic acids is 1. The van der Waals surface area contributed by atoms with Crippen LogP contribution in [-0.4, -0.2) is 5.91 Å². The Morgan fingerprint density at radius 1 is 1.10 bits per heavy atom. The van der Waals surface area contributed by atoms with Gasteiger partial charge in [-0.05, 0) is 55.0 Å². The van der Waals surface area contributed by atoms with Crippen LogP contribution in [0.25, 0.3) is 0 Å². The topological polar surface area (TPSA) is 29.1 Å². The molecule has 0 saturated heterocycles. The Kier molecular flexibility index (Phi) is 3.31. The van der Waals surface area contributed by atoms with Gasteiger partial charge in [0.05, 0.1) is 6.04 Å². The summed E-state index contributed by atoms with van der Waals surface area (Å²) in [5.74, 6) is 0.0351. The fourth-order valence-corrected chi connectivity index (χ4v) is 2.94. The summed E-state index contributed by atoms with van der Waals surface area (Å²) in [6.07, 6.45) is 2.05. The smallest absolute Gasteiger partial charge is 0.252 e. The molecule has 3 rings (SSSR count). The fraction of sp³-hybridized carbons (Fsp3) is 0.278. The highest BCUT2D eigenvalue weighted by molar-refractivity contribution is 5.96. The molecule has 0 heterocycles. The number of amides is 1. The average Bonchev–Trinajstić information content (AvgIpc) is 2.85. The minimum atomic E-state index is 0.0351. The maximum atomic E-state index is 12.5. The van der Waals surface area contributed by atoms with Gasteiger partial charge < -0.3 is 5.32 Å². The Labute approximate surface area is 119 Å². The molecule has 1 amide bonds. The summed E-state index contributed by atoms with van der Waals surface area (Å²) in [5, 5.41) is 3.18. The van der Waals surface area contributed by atoms with Crippen molar-refractivity contribution in [3.8, 4) is 0 Å². The summed E-state index contributed by atoms with van der Waals surface area (Å²) in [6, 6.07) is 14.4. The number of fused-ring (bicyclic) bond motifs is 1. The molecule has 0 radical (unpaired) electrons. The van der Waals surface area contributed by atoms with Gasteiger partial charge in [-0.25, -0.2) is 0 Å². The maximum Gasteiger partial charge on any atom is 0.252 e. The van der Waals surface area contributed by atoms with E-state index in [1.807, 2.05) is 38.1 Å². The number of carbonyl (C=O) groups is 1. The molecule has 1 atom stereocenters. The molecule has 20 heavy (non-hydrogen) atoms. The van der Waals surface area contributed by atoms with Gasteiger partial charge in [-0.1, -0.05) is 36.4 Å². The van der Waals surface area contributed by atoms with E-state index in [1.165, 1.54) is 11.1 Å². The van der Waals surface area contributed by atoms with Crippen molar-refractivity contribution in [2.24, 2.45) is 0 Å². The third-order valence-corrected chi connectivity index (χ3v) is 4.29. The molecule has 0 aliphatic heterocycles. The Balaban J connectivity index is 1.83. The van der Waals surface area contributed by atoms with E-state index in [9.17, 15) is 4.79 Å². The zero-order valence-electron chi connectivity index (χ0n) is 11.9. The molecule has 102 valence electrons. The number of rotatable bonds is 2. The quantitative estimate of drug-likeness (QED) is 0.881. The van der Waals surface area contributed by atoms with Crippen LogP contribution in [0.5, 0.6) is 0 Å². The van der Waals surface area contributed by atoms with Crippen LogP contribution in [0.2, 0.25) is 0 Å². The first-order valence-corrected chi connectivity index (χ1v) is 7.11. The van der Waals surface area contributed by atoms with Crippen LogP contribution in [0.3, 0.4) is 0 Å². The van der Waals surface area contributed by atoms with Gasteiger partial charge >= 0.3 is 0 Å². The third kappa shape index (κ3) is 2.22. The van der Waals surface area contributed by atoms with Gasteiger partial charge in [-0.3, -0.25) is 4.79 Å². The van der Waals surface area contributed by atoms with Crippen molar-refractivity contribution in [3.63, 3.8) is 0 Å². The van der Waals surface area contributed by atoms with E-state index in [1.54, 1.807) is 0 Å². The van der Waals surface area contributed by atoms with Crippen molar-refractivity contribution in [1.29, 1.82) is 0 Å². The minimum absolute atomic E-state index is 0.0351. The minimum Gasteiger partial charge on any atom is -0.345 e.